The van der Waals surface area contributed by atoms with Gasteiger partial charge in [-0.05, 0) is 38.0 Å². The number of carbonyl (C=O) groups excluding carboxylic acids is 2. The molecule has 28 heavy (non-hydrogen) atoms. The van der Waals surface area contributed by atoms with Crippen molar-refractivity contribution in [2.45, 2.75) is 44.8 Å². The lowest BCUT2D eigenvalue weighted by Crippen LogP contribution is -2.28. The van der Waals surface area contributed by atoms with Gasteiger partial charge in [0.2, 0.25) is 5.91 Å². The zero-order valence-electron chi connectivity index (χ0n) is 16.0. The number of nitrogens with one attached hydrogen (secondary N) is 1. The molecule has 0 bridgehead atoms. The number of halogens is 1. The predicted molar refractivity (Wildman–Crippen MR) is 111 cm³/mol. The molecule has 1 heterocycles. The molecule has 1 aromatic heterocycles. The number of hydrogen-bond acceptors (Lipinski definition) is 6. The number of nitrogens with zero attached hydrogens (tertiary/aromatic N) is 2. The van der Waals surface area contributed by atoms with Crippen LogP contribution in [-0.2, 0) is 20.9 Å². The van der Waals surface area contributed by atoms with Gasteiger partial charge in [0.1, 0.15) is 0 Å². The monoisotopic (exact) mass is 425 g/mol. The van der Waals surface area contributed by atoms with Gasteiger partial charge in [0, 0.05) is 24.5 Å². The van der Waals surface area contributed by atoms with Crippen LogP contribution < -0.4 is 10.9 Å². The molecule has 0 spiro atoms. The molecule has 0 atom stereocenters. The van der Waals surface area contributed by atoms with Gasteiger partial charge in [0.05, 0.1) is 23.3 Å². The molecule has 0 aliphatic carbocycles. The molecule has 0 radical (unpaired) electrons. The molecular weight excluding hydrogens is 402 g/mol. The number of esters is 1. The van der Waals surface area contributed by atoms with Gasteiger partial charge in [-0.3, -0.25) is 19.0 Å². The van der Waals surface area contributed by atoms with E-state index in [0.29, 0.717) is 47.2 Å². The number of hydrogen-bond donors (Lipinski definition) is 1. The van der Waals surface area contributed by atoms with E-state index in [9.17, 15) is 14.4 Å². The number of ether oxygens (including phenoxy) is 1. The quantitative estimate of drug-likeness (QED) is 0.272. The van der Waals surface area contributed by atoms with Crippen LogP contribution in [0.5, 0.6) is 0 Å². The molecule has 2 aromatic rings. The molecule has 1 N–H and O–H groups in total. The Bertz CT molecular complexity index is 901. The van der Waals surface area contributed by atoms with Crippen molar-refractivity contribution in [1.82, 2.24) is 14.9 Å². The lowest BCUT2D eigenvalue weighted by Gasteiger charge is -2.12. The van der Waals surface area contributed by atoms with E-state index < -0.39 is 0 Å². The van der Waals surface area contributed by atoms with Crippen LogP contribution in [0.25, 0.3) is 10.9 Å². The summed E-state index contributed by atoms with van der Waals surface area (Å²) >= 11 is 7.22. The van der Waals surface area contributed by atoms with Crippen LogP contribution in [0.1, 0.15) is 33.1 Å². The lowest BCUT2D eigenvalue weighted by atomic mass is 10.2. The number of amides is 1. The fourth-order valence-corrected chi connectivity index (χ4v) is 3.60. The molecule has 1 amide bonds. The fourth-order valence-electron chi connectivity index (χ4n) is 2.58. The van der Waals surface area contributed by atoms with Gasteiger partial charge in [-0.1, -0.05) is 30.3 Å². The molecule has 0 saturated heterocycles. The van der Waals surface area contributed by atoms with E-state index >= 15 is 0 Å². The summed E-state index contributed by atoms with van der Waals surface area (Å²) in [5.74, 6) is -0.326. The number of carbonyl (C=O) groups is 2. The van der Waals surface area contributed by atoms with E-state index in [-0.39, 0.29) is 29.6 Å². The SMILES string of the molecule is CCCn1c(SCC(=O)NCCCC(=O)OCC)nc2cc(Cl)ccc2c1=O. The van der Waals surface area contributed by atoms with Crippen molar-refractivity contribution in [3.8, 4) is 0 Å². The largest absolute Gasteiger partial charge is 0.466 e. The maximum absolute atomic E-state index is 12.7. The maximum atomic E-state index is 12.7. The Morgan fingerprint density at radius 1 is 1.32 bits per heavy atom. The van der Waals surface area contributed by atoms with Crippen molar-refractivity contribution in [3.05, 3.63) is 33.6 Å². The van der Waals surface area contributed by atoms with Crippen molar-refractivity contribution in [3.63, 3.8) is 0 Å². The van der Waals surface area contributed by atoms with Crippen molar-refractivity contribution < 1.29 is 14.3 Å². The summed E-state index contributed by atoms with van der Waals surface area (Å²) in [4.78, 5) is 40.6. The highest BCUT2D eigenvalue weighted by Crippen LogP contribution is 2.20. The van der Waals surface area contributed by atoms with Crippen LogP contribution in [0.3, 0.4) is 0 Å². The first-order valence-electron chi connectivity index (χ1n) is 9.21. The second-order valence-electron chi connectivity index (χ2n) is 6.06. The Kier molecular flexibility index (Phi) is 8.79. The zero-order valence-corrected chi connectivity index (χ0v) is 17.6. The summed E-state index contributed by atoms with van der Waals surface area (Å²) in [6, 6.07) is 4.98. The Hall–Kier alpha value is -2.06. The van der Waals surface area contributed by atoms with Crippen LogP contribution in [0.4, 0.5) is 0 Å². The highest BCUT2D eigenvalue weighted by molar-refractivity contribution is 7.99. The highest BCUT2D eigenvalue weighted by atomic mass is 35.5. The molecule has 7 nitrogen and oxygen atoms in total. The molecule has 9 heteroatoms. The predicted octanol–water partition coefficient (Wildman–Crippen LogP) is 3.01. The summed E-state index contributed by atoms with van der Waals surface area (Å²) in [5.41, 5.74) is 0.378. The molecule has 2 rings (SSSR count). The van der Waals surface area contributed by atoms with E-state index in [4.69, 9.17) is 16.3 Å². The molecule has 0 aliphatic heterocycles. The average molecular weight is 426 g/mol. The maximum Gasteiger partial charge on any atom is 0.305 e. The van der Waals surface area contributed by atoms with Crippen LogP contribution in [0.15, 0.2) is 28.2 Å². The minimum atomic E-state index is -0.270. The third-order valence-corrected chi connectivity index (χ3v) is 5.06. The Morgan fingerprint density at radius 3 is 2.82 bits per heavy atom. The Morgan fingerprint density at radius 2 is 2.11 bits per heavy atom. The van der Waals surface area contributed by atoms with Crippen LogP contribution in [0, 0.1) is 0 Å². The molecular formula is C19H24ClN3O4S. The molecule has 0 aliphatic rings. The van der Waals surface area contributed by atoms with E-state index in [0.717, 1.165) is 6.42 Å². The molecule has 0 saturated carbocycles. The van der Waals surface area contributed by atoms with Crippen LogP contribution in [0.2, 0.25) is 5.02 Å². The minimum Gasteiger partial charge on any atom is -0.466 e. The first kappa shape index (κ1) is 22.2. The first-order chi connectivity index (χ1) is 13.5. The van der Waals surface area contributed by atoms with Crippen LogP contribution in [-0.4, -0.2) is 40.3 Å². The van der Waals surface area contributed by atoms with Crippen molar-refractivity contribution >= 4 is 46.1 Å². The zero-order chi connectivity index (χ0) is 20.5. The van der Waals surface area contributed by atoms with Gasteiger partial charge in [-0.2, -0.15) is 0 Å². The van der Waals surface area contributed by atoms with Gasteiger partial charge < -0.3 is 10.1 Å². The number of rotatable bonds is 10. The van der Waals surface area contributed by atoms with Crippen molar-refractivity contribution in [2.75, 3.05) is 18.9 Å². The summed E-state index contributed by atoms with van der Waals surface area (Å²) in [6.07, 6.45) is 1.56. The van der Waals surface area contributed by atoms with Crippen molar-refractivity contribution in [1.29, 1.82) is 0 Å². The highest BCUT2D eigenvalue weighted by Gasteiger charge is 2.13. The molecule has 152 valence electrons. The first-order valence-corrected chi connectivity index (χ1v) is 10.6. The number of fused-ring (bicyclic) bond motifs is 1. The molecule has 0 fully saturated rings. The second-order valence-corrected chi connectivity index (χ2v) is 7.44. The normalized spacial score (nSPS) is 10.8. The van der Waals surface area contributed by atoms with Gasteiger partial charge in [-0.25, -0.2) is 4.98 Å². The third-order valence-electron chi connectivity index (χ3n) is 3.85. The number of benzene rings is 1. The van der Waals surface area contributed by atoms with Gasteiger partial charge in [-0.15, -0.1) is 0 Å². The molecule has 0 unspecified atom stereocenters. The van der Waals surface area contributed by atoms with Crippen molar-refractivity contribution in [2.24, 2.45) is 0 Å². The van der Waals surface area contributed by atoms with E-state index in [1.807, 2.05) is 6.92 Å². The third kappa shape index (κ3) is 6.24. The number of thioether (sulfide) groups is 1. The van der Waals surface area contributed by atoms with Gasteiger partial charge in [0.25, 0.3) is 5.56 Å². The Labute approximate surface area is 172 Å². The van der Waals surface area contributed by atoms with Gasteiger partial charge in [0.15, 0.2) is 5.16 Å². The topological polar surface area (TPSA) is 90.3 Å². The summed E-state index contributed by atoms with van der Waals surface area (Å²) < 4.78 is 6.43. The second kappa shape index (κ2) is 11.1. The Balaban J connectivity index is 2.00. The smallest absolute Gasteiger partial charge is 0.305 e. The minimum absolute atomic E-state index is 0.127. The van der Waals surface area contributed by atoms with Crippen LogP contribution >= 0.6 is 23.4 Å². The van der Waals surface area contributed by atoms with Gasteiger partial charge >= 0.3 is 5.97 Å². The van der Waals surface area contributed by atoms with E-state index in [1.165, 1.54) is 11.8 Å². The molecule has 1 aromatic carbocycles. The fraction of sp³-hybridized carbons (Fsp3) is 0.474. The summed E-state index contributed by atoms with van der Waals surface area (Å²) in [6.45, 7) is 4.99. The van der Waals surface area contributed by atoms with E-state index in [1.54, 1.807) is 29.7 Å². The summed E-state index contributed by atoms with van der Waals surface area (Å²) in [7, 11) is 0. The van der Waals surface area contributed by atoms with E-state index in [2.05, 4.69) is 10.3 Å². The number of aromatic nitrogens is 2. The average Bonchev–Trinajstić information content (AvgIpc) is 2.66. The summed E-state index contributed by atoms with van der Waals surface area (Å²) in [5, 5.41) is 4.26. The standard InChI is InChI=1S/C19H24ClN3O4S/c1-3-10-23-18(26)14-8-7-13(20)11-15(14)22-19(23)28-12-16(24)21-9-5-6-17(25)27-4-2/h7-8,11H,3-6,9-10,12H2,1-2H3,(H,21,24). The lowest BCUT2D eigenvalue weighted by molar-refractivity contribution is -0.143.